The van der Waals surface area contributed by atoms with Crippen molar-refractivity contribution < 1.29 is 4.74 Å². The maximum absolute atomic E-state index is 5.28. The summed E-state index contributed by atoms with van der Waals surface area (Å²) in [5.74, 6) is 3.38. The van der Waals surface area contributed by atoms with E-state index < -0.39 is 0 Å². The smallest absolute Gasteiger partial charge is 0.0464 e. The summed E-state index contributed by atoms with van der Waals surface area (Å²) < 4.78 is 5.28. The molecule has 0 spiro atoms. The van der Waals surface area contributed by atoms with Crippen molar-refractivity contribution in [3.05, 3.63) is 0 Å². The largest absolute Gasteiger partial charge is 0.385 e. The molecule has 1 rings (SSSR count). The normalized spacial score (nSPS) is 30.3. The van der Waals surface area contributed by atoms with Gasteiger partial charge in [-0.15, -0.1) is 0 Å². The highest BCUT2D eigenvalue weighted by Gasteiger charge is 2.37. The van der Waals surface area contributed by atoms with Crippen LogP contribution in [0, 0.1) is 29.1 Å². The van der Waals surface area contributed by atoms with Crippen LogP contribution >= 0.6 is 0 Å². The molecule has 0 radical (unpaired) electrons. The van der Waals surface area contributed by atoms with E-state index in [9.17, 15) is 0 Å². The number of methoxy groups -OCH3 is 1. The van der Waals surface area contributed by atoms with E-state index in [1.54, 1.807) is 0 Å². The topological polar surface area (TPSA) is 21.3 Å². The summed E-state index contributed by atoms with van der Waals surface area (Å²) in [6, 6.07) is 0. The SMILES string of the molecule is CNCC1CCC(C(C)(C)C)CC1C(C)CCOC. The summed E-state index contributed by atoms with van der Waals surface area (Å²) in [5.41, 5.74) is 0.462. The Kier molecular flexibility index (Phi) is 6.82. The Hall–Kier alpha value is -0.0800. The Bertz CT molecular complexity index is 246. The van der Waals surface area contributed by atoms with Gasteiger partial charge in [-0.25, -0.2) is 0 Å². The first-order chi connectivity index (χ1) is 8.90. The lowest BCUT2D eigenvalue weighted by atomic mass is 9.62. The fourth-order valence-electron chi connectivity index (χ4n) is 3.79. The molecule has 2 nitrogen and oxygen atoms in total. The second kappa shape index (κ2) is 7.64. The highest BCUT2D eigenvalue weighted by molar-refractivity contribution is 4.88. The highest BCUT2D eigenvalue weighted by atomic mass is 16.5. The van der Waals surface area contributed by atoms with Crippen LogP contribution in [0.1, 0.15) is 53.4 Å². The van der Waals surface area contributed by atoms with Crippen molar-refractivity contribution in [1.82, 2.24) is 5.32 Å². The van der Waals surface area contributed by atoms with Crippen molar-refractivity contribution in [3.8, 4) is 0 Å². The Morgan fingerprint density at radius 2 is 1.95 bits per heavy atom. The van der Waals surface area contributed by atoms with Crippen molar-refractivity contribution in [3.63, 3.8) is 0 Å². The Morgan fingerprint density at radius 3 is 2.47 bits per heavy atom. The van der Waals surface area contributed by atoms with E-state index >= 15 is 0 Å². The van der Waals surface area contributed by atoms with Crippen molar-refractivity contribution in [2.24, 2.45) is 29.1 Å². The van der Waals surface area contributed by atoms with E-state index in [2.05, 4.69) is 40.1 Å². The first-order valence-corrected chi connectivity index (χ1v) is 8.03. The average molecular weight is 269 g/mol. The summed E-state index contributed by atoms with van der Waals surface area (Å²) in [4.78, 5) is 0. The average Bonchev–Trinajstić information content (AvgIpc) is 2.35. The number of rotatable bonds is 6. The van der Waals surface area contributed by atoms with Gasteiger partial charge in [0.2, 0.25) is 0 Å². The molecule has 0 heterocycles. The first kappa shape index (κ1) is 17.0. The zero-order chi connectivity index (χ0) is 14.5. The first-order valence-electron chi connectivity index (χ1n) is 8.03. The molecule has 4 unspecified atom stereocenters. The van der Waals surface area contributed by atoms with E-state index in [4.69, 9.17) is 4.74 Å². The number of hydrogen-bond donors (Lipinski definition) is 1. The molecule has 1 N–H and O–H groups in total. The third-order valence-corrected chi connectivity index (χ3v) is 5.25. The number of ether oxygens (including phenoxy) is 1. The van der Waals surface area contributed by atoms with E-state index in [1.165, 1.54) is 32.2 Å². The second-order valence-electron chi connectivity index (χ2n) is 7.62. The molecule has 0 aromatic heterocycles. The third-order valence-electron chi connectivity index (χ3n) is 5.25. The van der Waals surface area contributed by atoms with Gasteiger partial charge in [0.25, 0.3) is 0 Å². The molecule has 0 bridgehead atoms. The van der Waals surface area contributed by atoms with Crippen LogP contribution in [0.25, 0.3) is 0 Å². The van der Waals surface area contributed by atoms with Crippen molar-refractivity contribution >= 4 is 0 Å². The molecule has 0 amide bonds. The molecular weight excluding hydrogens is 234 g/mol. The predicted molar refractivity (Wildman–Crippen MR) is 83.4 cm³/mol. The highest BCUT2D eigenvalue weighted by Crippen LogP contribution is 2.45. The van der Waals surface area contributed by atoms with Crippen molar-refractivity contribution in [1.29, 1.82) is 0 Å². The quantitative estimate of drug-likeness (QED) is 0.788. The molecule has 1 fully saturated rings. The van der Waals surface area contributed by atoms with Crippen LogP contribution in [0.5, 0.6) is 0 Å². The fourth-order valence-corrected chi connectivity index (χ4v) is 3.79. The standard InChI is InChI=1S/C17H35NO/c1-13(9-10-19-6)16-11-15(17(2,3)4)8-7-14(16)12-18-5/h13-16,18H,7-12H2,1-6H3. The van der Waals surface area contributed by atoms with Gasteiger partial charge in [0.15, 0.2) is 0 Å². The van der Waals surface area contributed by atoms with Gasteiger partial charge < -0.3 is 10.1 Å². The lowest BCUT2D eigenvalue weighted by Crippen LogP contribution is -2.38. The van der Waals surface area contributed by atoms with Gasteiger partial charge in [-0.2, -0.15) is 0 Å². The Balaban J connectivity index is 2.67. The monoisotopic (exact) mass is 269 g/mol. The molecule has 0 aliphatic heterocycles. The number of hydrogen-bond acceptors (Lipinski definition) is 2. The van der Waals surface area contributed by atoms with E-state index in [-0.39, 0.29) is 0 Å². The van der Waals surface area contributed by atoms with Crippen LogP contribution in [-0.2, 0) is 4.74 Å². The Morgan fingerprint density at radius 1 is 1.26 bits per heavy atom. The molecular formula is C17H35NO. The van der Waals surface area contributed by atoms with E-state index in [0.29, 0.717) is 5.41 Å². The fraction of sp³-hybridized carbons (Fsp3) is 1.00. The van der Waals surface area contributed by atoms with Gasteiger partial charge in [-0.3, -0.25) is 0 Å². The van der Waals surface area contributed by atoms with Gasteiger partial charge in [0.05, 0.1) is 0 Å². The van der Waals surface area contributed by atoms with Gasteiger partial charge >= 0.3 is 0 Å². The second-order valence-corrected chi connectivity index (χ2v) is 7.62. The van der Waals surface area contributed by atoms with Crippen LogP contribution in [0.2, 0.25) is 0 Å². The summed E-state index contributed by atoms with van der Waals surface area (Å²) in [7, 11) is 3.91. The summed E-state index contributed by atoms with van der Waals surface area (Å²) >= 11 is 0. The maximum Gasteiger partial charge on any atom is 0.0464 e. The summed E-state index contributed by atoms with van der Waals surface area (Å²) in [6.07, 6.45) is 5.41. The van der Waals surface area contributed by atoms with Crippen molar-refractivity contribution in [2.75, 3.05) is 27.3 Å². The summed E-state index contributed by atoms with van der Waals surface area (Å²) in [5, 5.41) is 3.40. The molecule has 0 saturated heterocycles. The molecule has 0 aromatic rings. The van der Waals surface area contributed by atoms with Gasteiger partial charge in [0.1, 0.15) is 0 Å². The zero-order valence-electron chi connectivity index (χ0n) is 14.0. The van der Waals surface area contributed by atoms with Crippen LogP contribution in [0.15, 0.2) is 0 Å². The van der Waals surface area contributed by atoms with Crippen molar-refractivity contribution in [2.45, 2.75) is 53.4 Å². The predicted octanol–water partition coefficient (Wildman–Crippen LogP) is 3.96. The van der Waals surface area contributed by atoms with Crippen LogP contribution < -0.4 is 5.32 Å². The van der Waals surface area contributed by atoms with Crippen LogP contribution in [0.4, 0.5) is 0 Å². The van der Waals surface area contributed by atoms with E-state index in [1.807, 2.05) is 7.11 Å². The summed E-state index contributed by atoms with van der Waals surface area (Å²) in [6.45, 7) is 11.7. The lowest BCUT2D eigenvalue weighted by Gasteiger charge is -2.44. The molecule has 1 aliphatic rings. The minimum atomic E-state index is 0.462. The van der Waals surface area contributed by atoms with Crippen LogP contribution in [0.3, 0.4) is 0 Å². The van der Waals surface area contributed by atoms with Crippen LogP contribution in [-0.4, -0.2) is 27.3 Å². The number of nitrogens with one attached hydrogen (secondary N) is 1. The van der Waals surface area contributed by atoms with Gasteiger partial charge in [-0.05, 0) is 68.4 Å². The molecule has 2 heteroatoms. The van der Waals surface area contributed by atoms with Gasteiger partial charge in [-0.1, -0.05) is 27.7 Å². The third kappa shape index (κ3) is 5.07. The zero-order valence-corrected chi connectivity index (χ0v) is 14.0. The minimum absolute atomic E-state index is 0.462. The minimum Gasteiger partial charge on any atom is -0.385 e. The Labute approximate surface area is 120 Å². The molecule has 1 saturated carbocycles. The molecule has 114 valence electrons. The van der Waals surface area contributed by atoms with E-state index in [0.717, 1.165) is 30.3 Å². The molecule has 19 heavy (non-hydrogen) atoms. The molecule has 0 aromatic carbocycles. The molecule has 1 aliphatic carbocycles. The lowest BCUT2D eigenvalue weighted by molar-refractivity contribution is 0.0567. The molecule has 4 atom stereocenters. The maximum atomic E-state index is 5.28. The van der Waals surface area contributed by atoms with Gasteiger partial charge in [0, 0.05) is 13.7 Å².